The van der Waals surface area contributed by atoms with Crippen molar-refractivity contribution < 1.29 is 17.9 Å². The standard InChI is InChI=1S/C15H19N3O4S/c1-11(2)18-15(6-7-16-18)23(19,20)17(3)9-12-4-5-13-14(8-12)22-10-21-13/h4-8,11H,9-10H2,1-3H3. The smallest absolute Gasteiger partial charge is 0.260 e. The van der Waals surface area contributed by atoms with E-state index in [4.69, 9.17) is 9.47 Å². The van der Waals surface area contributed by atoms with Crippen molar-refractivity contribution in [3.05, 3.63) is 36.0 Å². The van der Waals surface area contributed by atoms with Crippen LogP contribution in [-0.2, 0) is 16.6 Å². The molecule has 1 aromatic carbocycles. The number of fused-ring (bicyclic) bond motifs is 1. The quantitative estimate of drug-likeness (QED) is 0.834. The van der Waals surface area contributed by atoms with Crippen molar-refractivity contribution in [2.75, 3.05) is 13.8 Å². The summed E-state index contributed by atoms with van der Waals surface area (Å²) in [6, 6.07) is 6.91. The molecule has 0 bridgehead atoms. The van der Waals surface area contributed by atoms with Crippen LogP contribution in [0, 0.1) is 0 Å². The van der Waals surface area contributed by atoms with Crippen molar-refractivity contribution in [2.45, 2.75) is 31.5 Å². The molecule has 2 aromatic rings. The molecule has 3 rings (SSSR count). The molecular weight excluding hydrogens is 318 g/mol. The topological polar surface area (TPSA) is 73.7 Å². The number of nitrogens with zero attached hydrogens (tertiary/aromatic N) is 3. The average molecular weight is 337 g/mol. The molecule has 0 saturated carbocycles. The van der Waals surface area contributed by atoms with Gasteiger partial charge in [-0.15, -0.1) is 0 Å². The Labute approximate surface area is 135 Å². The van der Waals surface area contributed by atoms with Gasteiger partial charge in [-0.2, -0.15) is 9.40 Å². The van der Waals surface area contributed by atoms with Gasteiger partial charge in [0.2, 0.25) is 6.79 Å². The Balaban J connectivity index is 1.84. The number of ether oxygens (including phenoxy) is 2. The lowest BCUT2D eigenvalue weighted by Gasteiger charge is -2.19. The zero-order valence-electron chi connectivity index (χ0n) is 13.3. The van der Waals surface area contributed by atoms with Gasteiger partial charge in [0.1, 0.15) is 0 Å². The Morgan fingerprint density at radius 2 is 2.00 bits per heavy atom. The molecule has 0 radical (unpaired) electrons. The van der Waals surface area contributed by atoms with Crippen LogP contribution >= 0.6 is 0 Å². The normalized spacial score (nSPS) is 14.0. The first-order valence-corrected chi connectivity index (χ1v) is 8.72. The lowest BCUT2D eigenvalue weighted by molar-refractivity contribution is 0.174. The van der Waals surface area contributed by atoms with Gasteiger partial charge in [-0.05, 0) is 37.6 Å². The molecule has 1 aliphatic heterocycles. The molecule has 0 fully saturated rings. The van der Waals surface area contributed by atoms with E-state index in [2.05, 4.69) is 5.10 Å². The van der Waals surface area contributed by atoms with Gasteiger partial charge in [0, 0.05) is 19.6 Å². The van der Waals surface area contributed by atoms with E-state index in [9.17, 15) is 8.42 Å². The first kappa shape index (κ1) is 15.8. The van der Waals surface area contributed by atoms with Crippen LogP contribution in [-0.4, -0.2) is 36.3 Å². The Kier molecular flexibility index (Phi) is 4.03. The van der Waals surface area contributed by atoms with Crippen LogP contribution in [0.15, 0.2) is 35.5 Å². The van der Waals surface area contributed by atoms with E-state index in [1.165, 1.54) is 21.3 Å². The summed E-state index contributed by atoms with van der Waals surface area (Å²) in [7, 11) is -2.07. The maximum atomic E-state index is 12.8. The number of benzene rings is 1. The third kappa shape index (κ3) is 2.91. The minimum atomic E-state index is -3.62. The molecule has 7 nitrogen and oxygen atoms in total. The molecule has 1 aromatic heterocycles. The molecule has 8 heteroatoms. The van der Waals surface area contributed by atoms with Crippen LogP contribution in [0.4, 0.5) is 0 Å². The highest BCUT2D eigenvalue weighted by molar-refractivity contribution is 7.89. The van der Waals surface area contributed by atoms with Crippen molar-refractivity contribution in [1.82, 2.24) is 14.1 Å². The number of hydrogen-bond donors (Lipinski definition) is 0. The minimum Gasteiger partial charge on any atom is -0.454 e. The predicted molar refractivity (Wildman–Crippen MR) is 83.8 cm³/mol. The van der Waals surface area contributed by atoms with Gasteiger partial charge in [-0.3, -0.25) is 4.68 Å². The van der Waals surface area contributed by atoms with Gasteiger partial charge in [0.15, 0.2) is 16.5 Å². The number of rotatable bonds is 5. The van der Waals surface area contributed by atoms with Crippen LogP contribution in [0.5, 0.6) is 11.5 Å². The molecule has 0 saturated heterocycles. The summed E-state index contributed by atoms with van der Waals surface area (Å²) >= 11 is 0. The fourth-order valence-electron chi connectivity index (χ4n) is 2.44. The van der Waals surface area contributed by atoms with Crippen molar-refractivity contribution in [2.24, 2.45) is 0 Å². The van der Waals surface area contributed by atoms with Crippen molar-refractivity contribution in [3.63, 3.8) is 0 Å². The van der Waals surface area contributed by atoms with E-state index < -0.39 is 10.0 Å². The van der Waals surface area contributed by atoms with Gasteiger partial charge >= 0.3 is 0 Å². The summed E-state index contributed by atoms with van der Waals surface area (Å²) in [6.07, 6.45) is 1.50. The van der Waals surface area contributed by atoms with Gasteiger partial charge in [0.25, 0.3) is 10.0 Å². The number of hydrogen-bond acceptors (Lipinski definition) is 5. The summed E-state index contributed by atoms with van der Waals surface area (Å²) in [6.45, 7) is 4.22. The molecule has 0 amide bonds. The Hall–Kier alpha value is -2.06. The van der Waals surface area contributed by atoms with Crippen molar-refractivity contribution >= 4 is 10.0 Å². The van der Waals surface area contributed by atoms with Crippen LogP contribution in [0.25, 0.3) is 0 Å². The summed E-state index contributed by atoms with van der Waals surface area (Å²) in [5, 5.41) is 4.28. The molecular formula is C15H19N3O4S. The van der Waals surface area contributed by atoms with Crippen LogP contribution < -0.4 is 9.47 Å². The molecule has 23 heavy (non-hydrogen) atoms. The third-order valence-corrected chi connectivity index (χ3v) is 5.44. The second-order valence-electron chi connectivity index (χ2n) is 5.66. The molecule has 0 spiro atoms. The molecule has 0 aliphatic carbocycles. The maximum Gasteiger partial charge on any atom is 0.260 e. The highest BCUT2D eigenvalue weighted by Gasteiger charge is 2.26. The van der Waals surface area contributed by atoms with Gasteiger partial charge in [-0.1, -0.05) is 6.07 Å². The molecule has 0 atom stereocenters. The SMILES string of the molecule is CC(C)n1nccc1S(=O)(=O)N(C)Cc1ccc2c(c1)OCO2. The first-order valence-electron chi connectivity index (χ1n) is 7.28. The summed E-state index contributed by atoms with van der Waals surface area (Å²) in [5.41, 5.74) is 0.830. The van der Waals surface area contributed by atoms with E-state index in [1.807, 2.05) is 19.9 Å². The van der Waals surface area contributed by atoms with Crippen LogP contribution in [0.2, 0.25) is 0 Å². The van der Waals surface area contributed by atoms with E-state index in [1.54, 1.807) is 19.2 Å². The van der Waals surface area contributed by atoms with Crippen LogP contribution in [0.1, 0.15) is 25.5 Å². The van der Waals surface area contributed by atoms with Gasteiger partial charge in [-0.25, -0.2) is 8.42 Å². The van der Waals surface area contributed by atoms with Gasteiger partial charge < -0.3 is 9.47 Å². The molecule has 1 aliphatic rings. The van der Waals surface area contributed by atoms with Crippen molar-refractivity contribution in [3.8, 4) is 11.5 Å². The molecule has 124 valence electrons. The number of sulfonamides is 1. The second-order valence-corrected chi connectivity index (χ2v) is 7.65. The third-order valence-electron chi connectivity index (χ3n) is 3.64. The van der Waals surface area contributed by atoms with E-state index in [0.717, 1.165) is 5.56 Å². The van der Waals surface area contributed by atoms with E-state index in [0.29, 0.717) is 11.5 Å². The highest BCUT2D eigenvalue weighted by Crippen LogP contribution is 2.33. The largest absolute Gasteiger partial charge is 0.454 e. The molecule has 2 heterocycles. The van der Waals surface area contributed by atoms with Gasteiger partial charge in [0.05, 0.1) is 6.20 Å². The van der Waals surface area contributed by atoms with Crippen molar-refractivity contribution in [1.29, 1.82) is 0 Å². The Morgan fingerprint density at radius 1 is 1.26 bits per heavy atom. The maximum absolute atomic E-state index is 12.8. The lowest BCUT2D eigenvalue weighted by Crippen LogP contribution is -2.29. The highest BCUT2D eigenvalue weighted by atomic mass is 32.2. The minimum absolute atomic E-state index is 0.0336. The second kappa shape index (κ2) is 5.86. The van der Waals surface area contributed by atoms with E-state index in [-0.39, 0.29) is 24.4 Å². The Morgan fingerprint density at radius 3 is 2.74 bits per heavy atom. The van der Waals surface area contributed by atoms with E-state index >= 15 is 0 Å². The summed E-state index contributed by atoms with van der Waals surface area (Å²) in [5.74, 6) is 1.32. The fraction of sp³-hybridized carbons (Fsp3) is 0.400. The summed E-state index contributed by atoms with van der Waals surface area (Å²) in [4.78, 5) is 0. The molecule has 0 unspecified atom stereocenters. The summed E-state index contributed by atoms with van der Waals surface area (Å²) < 4.78 is 38.9. The Bertz CT molecular complexity index is 814. The lowest BCUT2D eigenvalue weighted by atomic mass is 10.2. The average Bonchev–Trinajstić information content (AvgIpc) is 3.15. The monoisotopic (exact) mass is 337 g/mol. The zero-order chi connectivity index (χ0) is 16.6. The van der Waals surface area contributed by atoms with Crippen LogP contribution in [0.3, 0.4) is 0 Å². The zero-order valence-corrected chi connectivity index (χ0v) is 14.1. The first-order chi connectivity index (χ1) is 10.9. The predicted octanol–water partition coefficient (Wildman–Crippen LogP) is 2.01. The fourth-order valence-corrected chi connectivity index (χ4v) is 3.80. The molecule has 0 N–H and O–H groups in total. The number of aromatic nitrogens is 2.